The summed E-state index contributed by atoms with van der Waals surface area (Å²) >= 11 is 0. The minimum Gasteiger partial charge on any atom is -0.409 e. The van der Waals surface area contributed by atoms with E-state index >= 15 is 0 Å². The van der Waals surface area contributed by atoms with E-state index in [0.29, 0.717) is 5.56 Å². The van der Waals surface area contributed by atoms with Crippen molar-refractivity contribution in [3.05, 3.63) is 35.9 Å². The number of oxime groups is 1. The molecule has 1 aromatic rings. The predicted molar refractivity (Wildman–Crippen MR) is 69.1 cm³/mol. The number of carbonyl (C=O) groups excluding carboxylic acids is 1. The van der Waals surface area contributed by atoms with Gasteiger partial charge in [0.2, 0.25) is 0 Å². The van der Waals surface area contributed by atoms with E-state index in [-0.39, 0.29) is 31.1 Å². The molecule has 1 aliphatic heterocycles. The van der Waals surface area contributed by atoms with Crippen molar-refractivity contribution in [1.29, 1.82) is 0 Å². The topological polar surface area (TPSA) is 78.9 Å². The fourth-order valence-electron chi connectivity index (χ4n) is 2.30. The third-order valence-corrected chi connectivity index (χ3v) is 3.25. The maximum atomic E-state index is 13.4. The van der Waals surface area contributed by atoms with Crippen LogP contribution in [0.1, 0.15) is 16.8 Å². The van der Waals surface area contributed by atoms with Gasteiger partial charge < -0.3 is 10.9 Å². The lowest BCUT2D eigenvalue weighted by molar-refractivity contribution is 0.0932. The Labute approximate surface area is 110 Å². The number of hydrogen-bond acceptors (Lipinski definition) is 4. The number of alkyl halides is 1. The second kappa shape index (κ2) is 5.79. The molecule has 1 aliphatic rings. The second-order valence-electron chi connectivity index (χ2n) is 4.59. The van der Waals surface area contributed by atoms with Gasteiger partial charge in [0.1, 0.15) is 6.17 Å². The monoisotopic (exact) mass is 265 g/mol. The zero-order valence-electron chi connectivity index (χ0n) is 10.4. The summed E-state index contributed by atoms with van der Waals surface area (Å²) in [5.41, 5.74) is 6.10. The van der Waals surface area contributed by atoms with Crippen LogP contribution in [0.3, 0.4) is 0 Å². The van der Waals surface area contributed by atoms with Crippen molar-refractivity contribution in [3.8, 4) is 0 Å². The first-order valence-electron chi connectivity index (χ1n) is 6.05. The van der Waals surface area contributed by atoms with Crippen LogP contribution in [0.25, 0.3) is 0 Å². The molecule has 1 fully saturated rings. The van der Waals surface area contributed by atoms with Crippen molar-refractivity contribution < 1.29 is 14.4 Å². The van der Waals surface area contributed by atoms with Crippen LogP contribution in [0.15, 0.2) is 35.5 Å². The highest BCUT2D eigenvalue weighted by molar-refractivity contribution is 5.98. The number of nitrogens with zero attached hydrogens (tertiary/aromatic N) is 2. The van der Waals surface area contributed by atoms with Crippen LogP contribution in [-0.4, -0.2) is 47.0 Å². The maximum Gasteiger partial charge on any atom is 0.176 e. The van der Waals surface area contributed by atoms with E-state index in [0.717, 1.165) is 0 Å². The van der Waals surface area contributed by atoms with E-state index in [1.807, 2.05) is 6.07 Å². The highest BCUT2D eigenvalue weighted by Crippen LogP contribution is 2.21. The molecule has 2 atom stereocenters. The molecule has 0 aliphatic carbocycles. The van der Waals surface area contributed by atoms with Gasteiger partial charge in [0.15, 0.2) is 11.6 Å². The molecule has 1 saturated heterocycles. The lowest BCUT2D eigenvalue weighted by Crippen LogP contribution is -2.42. The number of nitrogens with two attached hydrogens (primary N) is 1. The summed E-state index contributed by atoms with van der Waals surface area (Å²) in [6.45, 7) is 0.185. The van der Waals surface area contributed by atoms with Gasteiger partial charge in [-0.25, -0.2) is 4.39 Å². The Morgan fingerprint density at radius 1 is 1.47 bits per heavy atom. The van der Waals surface area contributed by atoms with Crippen molar-refractivity contribution in [2.45, 2.75) is 18.6 Å². The van der Waals surface area contributed by atoms with E-state index in [2.05, 4.69) is 5.16 Å². The minimum atomic E-state index is -1.06. The van der Waals surface area contributed by atoms with E-state index in [1.54, 1.807) is 29.2 Å². The lowest BCUT2D eigenvalue weighted by Gasteiger charge is -2.21. The van der Waals surface area contributed by atoms with Crippen LogP contribution in [0, 0.1) is 0 Å². The molecule has 1 aromatic carbocycles. The van der Waals surface area contributed by atoms with E-state index in [4.69, 9.17) is 10.9 Å². The number of carbonyl (C=O) groups is 1. The summed E-state index contributed by atoms with van der Waals surface area (Å²) in [4.78, 5) is 13.7. The number of ketones is 1. The number of hydrogen-bond donors (Lipinski definition) is 2. The first-order chi connectivity index (χ1) is 9.11. The van der Waals surface area contributed by atoms with Gasteiger partial charge in [-0.15, -0.1) is 0 Å². The van der Waals surface area contributed by atoms with Gasteiger partial charge in [-0.1, -0.05) is 35.5 Å². The molecule has 0 spiro atoms. The fourth-order valence-corrected chi connectivity index (χ4v) is 2.30. The smallest absolute Gasteiger partial charge is 0.176 e. The molecule has 6 heteroatoms. The van der Waals surface area contributed by atoms with Gasteiger partial charge in [-0.3, -0.25) is 9.69 Å². The lowest BCUT2D eigenvalue weighted by atomic mass is 10.1. The van der Waals surface area contributed by atoms with Crippen molar-refractivity contribution in [2.75, 3.05) is 13.1 Å². The van der Waals surface area contributed by atoms with Gasteiger partial charge >= 0.3 is 0 Å². The number of amidine groups is 1. The standard InChI is InChI=1S/C13H16FN3O2/c14-10-6-11(13(15)16-19)17(7-10)8-12(18)9-4-2-1-3-5-9/h1-5,10-11,19H,6-8H2,(H2,15,16)/t10-,11-/m0/s1. The fraction of sp³-hybridized carbons (Fsp3) is 0.385. The van der Waals surface area contributed by atoms with Crippen LogP contribution < -0.4 is 5.73 Å². The van der Waals surface area contributed by atoms with Gasteiger partial charge in [-0.2, -0.15) is 0 Å². The molecule has 2 rings (SSSR count). The second-order valence-corrected chi connectivity index (χ2v) is 4.59. The Morgan fingerprint density at radius 2 is 2.16 bits per heavy atom. The highest BCUT2D eigenvalue weighted by Gasteiger charge is 2.35. The average Bonchev–Trinajstić information content (AvgIpc) is 2.79. The molecule has 0 radical (unpaired) electrons. The predicted octanol–water partition coefficient (Wildman–Crippen LogP) is 1.03. The zero-order chi connectivity index (χ0) is 13.8. The summed E-state index contributed by atoms with van der Waals surface area (Å²) in [5, 5.41) is 11.6. The summed E-state index contributed by atoms with van der Waals surface area (Å²) in [6, 6.07) is 8.27. The van der Waals surface area contributed by atoms with Gasteiger partial charge in [0, 0.05) is 18.5 Å². The number of rotatable bonds is 4. The molecule has 102 valence electrons. The molecule has 0 aromatic heterocycles. The molecule has 0 bridgehead atoms. The normalized spacial score (nSPS) is 24.6. The Balaban J connectivity index is 2.07. The molecular weight excluding hydrogens is 249 g/mol. The number of benzene rings is 1. The largest absolute Gasteiger partial charge is 0.409 e. The molecule has 0 amide bonds. The van der Waals surface area contributed by atoms with Gasteiger partial charge in [0.05, 0.1) is 12.6 Å². The molecule has 0 saturated carbocycles. The Bertz CT molecular complexity index is 478. The zero-order valence-corrected chi connectivity index (χ0v) is 10.4. The van der Waals surface area contributed by atoms with E-state index in [1.165, 1.54) is 0 Å². The summed E-state index contributed by atoms with van der Waals surface area (Å²) in [5.74, 6) is -0.161. The van der Waals surface area contributed by atoms with Crippen LogP contribution in [-0.2, 0) is 0 Å². The molecule has 0 unspecified atom stereocenters. The Kier molecular flexibility index (Phi) is 4.11. The van der Waals surface area contributed by atoms with Crippen molar-refractivity contribution in [1.82, 2.24) is 4.90 Å². The molecular formula is C13H16FN3O2. The van der Waals surface area contributed by atoms with Crippen LogP contribution in [0.5, 0.6) is 0 Å². The molecule has 19 heavy (non-hydrogen) atoms. The van der Waals surface area contributed by atoms with Crippen molar-refractivity contribution in [2.24, 2.45) is 10.9 Å². The van der Waals surface area contributed by atoms with E-state index < -0.39 is 12.2 Å². The van der Waals surface area contributed by atoms with Gasteiger partial charge in [-0.05, 0) is 0 Å². The van der Waals surface area contributed by atoms with Crippen LogP contribution in [0.2, 0.25) is 0 Å². The number of Topliss-reactive ketones (excluding diaryl/α,β-unsaturated/α-hetero) is 1. The Hall–Kier alpha value is -1.95. The van der Waals surface area contributed by atoms with Crippen LogP contribution in [0.4, 0.5) is 4.39 Å². The van der Waals surface area contributed by atoms with Crippen molar-refractivity contribution >= 4 is 11.6 Å². The summed E-state index contributed by atoms with van der Waals surface area (Å²) < 4.78 is 13.4. The third-order valence-electron chi connectivity index (χ3n) is 3.25. The molecule has 3 N–H and O–H groups in total. The van der Waals surface area contributed by atoms with Crippen LogP contribution >= 0.6 is 0 Å². The SMILES string of the molecule is N/C(=N\O)[C@@H]1C[C@H](F)CN1CC(=O)c1ccccc1. The third kappa shape index (κ3) is 3.08. The summed E-state index contributed by atoms with van der Waals surface area (Å²) in [7, 11) is 0. The first kappa shape index (κ1) is 13.5. The highest BCUT2D eigenvalue weighted by atomic mass is 19.1. The molecule has 1 heterocycles. The van der Waals surface area contributed by atoms with E-state index in [9.17, 15) is 9.18 Å². The summed E-state index contributed by atoms with van der Waals surface area (Å²) in [6.07, 6.45) is -0.910. The first-order valence-corrected chi connectivity index (χ1v) is 6.05. The van der Waals surface area contributed by atoms with Crippen molar-refractivity contribution in [3.63, 3.8) is 0 Å². The quantitative estimate of drug-likeness (QED) is 0.280. The molecule has 5 nitrogen and oxygen atoms in total. The maximum absolute atomic E-state index is 13.4. The number of likely N-dealkylation sites (tertiary alicyclic amines) is 1. The van der Waals surface area contributed by atoms with Gasteiger partial charge in [0.25, 0.3) is 0 Å². The Morgan fingerprint density at radius 3 is 2.79 bits per heavy atom. The average molecular weight is 265 g/mol. The number of halogens is 1. The minimum absolute atomic E-state index is 0.0546.